The van der Waals surface area contributed by atoms with Gasteiger partial charge in [0, 0.05) is 30.1 Å². The number of H-pyrrole nitrogens is 1. The minimum Gasteiger partial charge on any atom is -0.497 e. The summed E-state index contributed by atoms with van der Waals surface area (Å²) in [4.78, 5) is 14.6. The second-order valence-corrected chi connectivity index (χ2v) is 5.34. The van der Waals surface area contributed by atoms with Crippen molar-refractivity contribution in [1.82, 2.24) is 4.98 Å². The molecule has 0 unspecified atom stereocenters. The Hall–Kier alpha value is -2.29. The molecule has 1 aliphatic rings. The summed E-state index contributed by atoms with van der Waals surface area (Å²) in [5.74, 6) is 0.914. The van der Waals surface area contributed by atoms with Crippen LogP contribution in [-0.4, -0.2) is 18.4 Å². The fourth-order valence-electron chi connectivity index (χ4n) is 2.90. The number of aldehydes is 1. The molecule has 3 nitrogen and oxygen atoms in total. The third-order valence-electron chi connectivity index (χ3n) is 4.06. The highest BCUT2D eigenvalue weighted by molar-refractivity contribution is 5.54. The number of methoxy groups -OCH3 is 1. The average molecular weight is 281 g/mol. The second kappa shape index (κ2) is 6.00. The van der Waals surface area contributed by atoms with Gasteiger partial charge in [-0.2, -0.15) is 0 Å². The van der Waals surface area contributed by atoms with E-state index in [0.29, 0.717) is 6.42 Å². The van der Waals surface area contributed by atoms with Crippen LogP contribution in [0.5, 0.6) is 5.75 Å². The van der Waals surface area contributed by atoms with Gasteiger partial charge in [-0.25, -0.2) is 0 Å². The van der Waals surface area contributed by atoms with Crippen molar-refractivity contribution in [3.05, 3.63) is 65.0 Å². The Bertz CT molecular complexity index is 627. The SMILES string of the molecule is COc1ccc([C@H](CC=O)c2cc3c([nH]2)CC=CC3)cc1. The molecular formula is C18H19NO2. The Balaban J connectivity index is 1.93. The van der Waals surface area contributed by atoms with E-state index in [0.717, 1.165) is 36.1 Å². The van der Waals surface area contributed by atoms with Gasteiger partial charge in [0.1, 0.15) is 12.0 Å². The van der Waals surface area contributed by atoms with Gasteiger partial charge in [0.05, 0.1) is 7.11 Å². The molecule has 3 rings (SSSR count). The molecule has 1 aliphatic carbocycles. The average Bonchev–Trinajstić information content (AvgIpc) is 2.96. The molecule has 1 atom stereocenters. The van der Waals surface area contributed by atoms with E-state index < -0.39 is 0 Å². The van der Waals surface area contributed by atoms with Crippen molar-refractivity contribution in [2.24, 2.45) is 0 Å². The molecule has 0 aliphatic heterocycles. The zero-order valence-electron chi connectivity index (χ0n) is 12.1. The number of aromatic nitrogens is 1. The molecule has 108 valence electrons. The van der Waals surface area contributed by atoms with E-state index in [9.17, 15) is 4.79 Å². The van der Waals surface area contributed by atoms with Gasteiger partial charge < -0.3 is 14.5 Å². The summed E-state index contributed by atoms with van der Waals surface area (Å²) >= 11 is 0. The summed E-state index contributed by atoms with van der Waals surface area (Å²) in [6.07, 6.45) is 7.78. The number of hydrogen-bond donors (Lipinski definition) is 1. The Labute approximate surface area is 124 Å². The molecule has 0 radical (unpaired) electrons. The molecule has 1 N–H and O–H groups in total. The standard InChI is InChI=1S/C18H19NO2/c1-21-15-8-6-13(7-9-15)16(10-11-20)18-12-14-4-2-3-5-17(14)19-18/h2-3,6-9,11-12,16,19H,4-5,10H2,1H3/t16-/m0/s1. The number of benzene rings is 1. The number of ether oxygens (including phenoxy) is 1. The summed E-state index contributed by atoms with van der Waals surface area (Å²) in [5.41, 5.74) is 4.88. The molecule has 3 heteroatoms. The number of carbonyl (C=O) groups excluding carboxylic acids is 1. The Kier molecular flexibility index (Phi) is 3.91. The van der Waals surface area contributed by atoms with E-state index in [1.807, 2.05) is 24.3 Å². The minimum atomic E-state index is 0.0824. The van der Waals surface area contributed by atoms with E-state index in [2.05, 4.69) is 23.2 Å². The number of carbonyl (C=O) groups is 1. The third-order valence-corrected chi connectivity index (χ3v) is 4.06. The molecule has 0 amide bonds. The third kappa shape index (κ3) is 2.77. The number of hydrogen-bond acceptors (Lipinski definition) is 2. The first-order chi connectivity index (χ1) is 10.3. The van der Waals surface area contributed by atoms with E-state index in [4.69, 9.17) is 4.74 Å². The van der Waals surface area contributed by atoms with Crippen LogP contribution in [0.4, 0.5) is 0 Å². The van der Waals surface area contributed by atoms with Crippen LogP contribution in [0.1, 0.15) is 34.9 Å². The van der Waals surface area contributed by atoms with Gasteiger partial charge in [-0.05, 0) is 35.7 Å². The molecule has 21 heavy (non-hydrogen) atoms. The number of aromatic amines is 1. The lowest BCUT2D eigenvalue weighted by Crippen LogP contribution is -2.03. The van der Waals surface area contributed by atoms with Gasteiger partial charge in [-0.3, -0.25) is 0 Å². The molecule has 0 saturated carbocycles. The molecule has 0 fully saturated rings. The van der Waals surface area contributed by atoms with Crippen molar-refractivity contribution < 1.29 is 9.53 Å². The van der Waals surface area contributed by atoms with Crippen LogP contribution in [0.2, 0.25) is 0 Å². The highest BCUT2D eigenvalue weighted by Crippen LogP contribution is 2.30. The smallest absolute Gasteiger partial charge is 0.120 e. The Morgan fingerprint density at radius 3 is 2.67 bits per heavy atom. The monoisotopic (exact) mass is 281 g/mol. The van der Waals surface area contributed by atoms with E-state index in [-0.39, 0.29) is 5.92 Å². The maximum atomic E-state index is 11.1. The fourth-order valence-corrected chi connectivity index (χ4v) is 2.90. The summed E-state index contributed by atoms with van der Waals surface area (Å²) in [5, 5.41) is 0. The summed E-state index contributed by atoms with van der Waals surface area (Å²) in [6, 6.07) is 10.2. The predicted octanol–water partition coefficient (Wildman–Crippen LogP) is 3.40. The quantitative estimate of drug-likeness (QED) is 0.674. The lowest BCUT2D eigenvalue weighted by Gasteiger charge is -2.14. The normalized spacial score (nSPS) is 14.5. The molecule has 1 aromatic carbocycles. The first-order valence-electron chi connectivity index (χ1n) is 7.25. The van der Waals surface area contributed by atoms with E-state index in [1.165, 1.54) is 11.3 Å². The van der Waals surface area contributed by atoms with Crippen molar-refractivity contribution in [3.63, 3.8) is 0 Å². The number of allylic oxidation sites excluding steroid dienone is 2. The van der Waals surface area contributed by atoms with E-state index >= 15 is 0 Å². The van der Waals surface area contributed by atoms with Crippen LogP contribution in [0.25, 0.3) is 0 Å². The van der Waals surface area contributed by atoms with Crippen LogP contribution in [-0.2, 0) is 17.6 Å². The van der Waals surface area contributed by atoms with Crippen LogP contribution in [0, 0.1) is 0 Å². The van der Waals surface area contributed by atoms with Crippen molar-refractivity contribution in [3.8, 4) is 5.75 Å². The molecule has 0 spiro atoms. The van der Waals surface area contributed by atoms with Crippen molar-refractivity contribution in [2.75, 3.05) is 7.11 Å². The van der Waals surface area contributed by atoms with Crippen molar-refractivity contribution >= 4 is 6.29 Å². The van der Waals surface area contributed by atoms with Gasteiger partial charge in [0.25, 0.3) is 0 Å². The van der Waals surface area contributed by atoms with Crippen molar-refractivity contribution in [1.29, 1.82) is 0 Å². The van der Waals surface area contributed by atoms with Gasteiger partial charge >= 0.3 is 0 Å². The highest BCUT2D eigenvalue weighted by Gasteiger charge is 2.18. The molecule has 0 bridgehead atoms. The van der Waals surface area contributed by atoms with Gasteiger partial charge in [-0.1, -0.05) is 24.3 Å². The Morgan fingerprint density at radius 2 is 2.00 bits per heavy atom. The minimum absolute atomic E-state index is 0.0824. The highest BCUT2D eigenvalue weighted by atomic mass is 16.5. The maximum Gasteiger partial charge on any atom is 0.120 e. The second-order valence-electron chi connectivity index (χ2n) is 5.34. The number of nitrogens with one attached hydrogen (secondary N) is 1. The number of fused-ring (bicyclic) bond motifs is 1. The summed E-state index contributed by atoms with van der Waals surface area (Å²) < 4.78 is 5.20. The molecule has 1 aromatic heterocycles. The lowest BCUT2D eigenvalue weighted by atomic mass is 9.92. The van der Waals surface area contributed by atoms with Crippen LogP contribution >= 0.6 is 0 Å². The first-order valence-corrected chi connectivity index (χ1v) is 7.25. The fraction of sp³-hybridized carbons (Fsp3) is 0.278. The molecule has 0 saturated heterocycles. The summed E-state index contributed by atoms with van der Waals surface area (Å²) in [7, 11) is 1.66. The van der Waals surface area contributed by atoms with Gasteiger partial charge in [-0.15, -0.1) is 0 Å². The maximum absolute atomic E-state index is 11.1. The Morgan fingerprint density at radius 1 is 1.24 bits per heavy atom. The zero-order chi connectivity index (χ0) is 14.7. The first kappa shape index (κ1) is 13.7. The zero-order valence-corrected chi connectivity index (χ0v) is 12.1. The largest absolute Gasteiger partial charge is 0.497 e. The van der Waals surface area contributed by atoms with Gasteiger partial charge in [0.2, 0.25) is 0 Å². The van der Waals surface area contributed by atoms with Gasteiger partial charge in [0.15, 0.2) is 0 Å². The van der Waals surface area contributed by atoms with Crippen LogP contribution in [0.15, 0.2) is 42.5 Å². The lowest BCUT2D eigenvalue weighted by molar-refractivity contribution is -0.108. The summed E-state index contributed by atoms with van der Waals surface area (Å²) in [6.45, 7) is 0. The molecule has 2 aromatic rings. The van der Waals surface area contributed by atoms with Crippen LogP contribution < -0.4 is 4.74 Å². The predicted molar refractivity (Wildman–Crippen MR) is 82.9 cm³/mol. The molecule has 1 heterocycles. The van der Waals surface area contributed by atoms with E-state index in [1.54, 1.807) is 7.11 Å². The van der Waals surface area contributed by atoms with Crippen molar-refractivity contribution in [2.45, 2.75) is 25.2 Å². The topological polar surface area (TPSA) is 42.1 Å². The van der Waals surface area contributed by atoms with Crippen LogP contribution in [0.3, 0.4) is 0 Å². The molecular weight excluding hydrogens is 262 g/mol. The number of rotatable bonds is 5.